The highest BCUT2D eigenvalue weighted by Crippen LogP contribution is 2.48. The molecular formula is C26H25F8N3O2. The third kappa shape index (κ3) is 5.56. The predicted molar refractivity (Wildman–Crippen MR) is 124 cm³/mol. The zero-order valence-corrected chi connectivity index (χ0v) is 20.6. The quantitative estimate of drug-likeness (QED) is 0.351. The Morgan fingerprint density at radius 3 is 2.26 bits per heavy atom. The molecule has 39 heavy (non-hydrogen) atoms. The van der Waals surface area contributed by atoms with Gasteiger partial charge in [-0.2, -0.15) is 26.3 Å². The molecule has 1 aromatic heterocycles. The van der Waals surface area contributed by atoms with Crippen LogP contribution in [-0.4, -0.2) is 39.3 Å². The topological polar surface area (TPSA) is 59.3 Å². The van der Waals surface area contributed by atoms with Crippen LogP contribution in [-0.2, 0) is 18.0 Å². The van der Waals surface area contributed by atoms with Crippen molar-refractivity contribution < 1.29 is 45.0 Å². The molecule has 0 bridgehead atoms. The van der Waals surface area contributed by atoms with E-state index in [1.165, 1.54) is 18.2 Å². The number of rotatable bonds is 5. The van der Waals surface area contributed by atoms with Crippen molar-refractivity contribution >= 4 is 11.0 Å². The van der Waals surface area contributed by atoms with Gasteiger partial charge < -0.3 is 19.7 Å². The van der Waals surface area contributed by atoms with Gasteiger partial charge >= 0.3 is 12.4 Å². The summed E-state index contributed by atoms with van der Waals surface area (Å²) in [5.74, 6) is -3.06. The van der Waals surface area contributed by atoms with Crippen LogP contribution in [0.2, 0.25) is 0 Å². The number of aromatic nitrogens is 2. The summed E-state index contributed by atoms with van der Waals surface area (Å²) < 4.78 is 114. The van der Waals surface area contributed by atoms with E-state index in [2.05, 4.69) is 10.3 Å². The lowest BCUT2D eigenvalue weighted by Gasteiger charge is -2.41. The summed E-state index contributed by atoms with van der Waals surface area (Å²) in [6.45, 7) is 1.62. The van der Waals surface area contributed by atoms with Crippen LogP contribution in [0.4, 0.5) is 35.1 Å². The number of hydrogen-bond acceptors (Lipinski definition) is 4. The number of ether oxygens (including phenoxy) is 1. The summed E-state index contributed by atoms with van der Waals surface area (Å²) in [4.78, 5) is 4.00. The molecule has 3 aromatic rings. The van der Waals surface area contributed by atoms with E-state index in [9.17, 15) is 40.2 Å². The summed E-state index contributed by atoms with van der Waals surface area (Å²) in [5, 5.41) is 14.5. The van der Waals surface area contributed by atoms with E-state index in [1.807, 2.05) is 0 Å². The van der Waals surface area contributed by atoms with Crippen molar-refractivity contribution in [3.63, 3.8) is 0 Å². The fourth-order valence-corrected chi connectivity index (χ4v) is 5.57. The van der Waals surface area contributed by atoms with Crippen molar-refractivity contribution in [1.82, 2.24) is 14.9 Å². The fraction of sp³-hybridized carbons (Fsp3) is 0.500. The van der Waals surface area contributed by atoms with Gasteiger partial charge in [-0.05, 0) is 43.5 Å². The average Bonchev–Trinajstić information content (AvgIpc) is 3.22. The van der Waals surface area contributed by atoms with E-state index < -0.39 is 59.9 Å². The Morgan fingerprint density at radius 2 is 1.67 bits per heavy atom. The Balaban J connectivity index is 1.35. The van der Waals surface area contributed by atoms with Crippen LogP contribution in [0.25, 0.3) is 11.0 Å². The van der Waals surface area contributed by atoms with Gasteiger partial charge in [-0.15, -0.1) is 0 Å². The van der Waals surface area contributed by atoms with Crippen molar-refractivity contribution in [3.8, 4) is 5.75 Å². The van der Waals surface area contributed by atoms with E-state index in [-0.39, 0.29) is 42.3 Å². The lowest BCUT2D eigenvalue weighted by Crippen LogP contribution is -2.53. The second kappa shape index (κ2) is 9.33. The molecule has 0 unspecified atom stereocenters. The van der Waals surface area contributed by atoms with Crippen molar-refractivity contribution in [2.75, 3.05) is 6.61 Å². The number of nitrogens with one attached hydrogen (secondary N) is 1. The van der Waals surface area contributed by atoms with Gasteiger partial charge in [0.1, 0.15) is 12.4 Å². The Bertz CT molecular complexity index is 1340. The molecule has 2 heterocycles. The molecule has 0 radical (unpaired) electrons. The first-order valence-electron chi connectivity index (χ1n) is 12.3. The number of fused-ring (bicyclic) bond motifs is 1. The summed E-state index contributed by atoms with van der Waals surface area (Å²) in [6.07, 6.45) is -9.09. The molecule has 5 rings (SSSR count). The molecule has 2 fully saturated rings. The minimum atomic E-state index is -4.80. The Labute approximate surface area is 217 Å². The van der Waals surface area contributed by atoms with Crippen LogP contribution in [0.5, 0.6) is 5.75 Å². The fourth-order valence-electron chi connectivity index (χ4n) is 5.57. The first-order chi connectivity index (χ1) is 18.0. The highest BCUT2D eigenvalue weighted by molar-refractivity contribution is 5.82. The number of hydrogen-bond donors (Lipinski definition) is 2. The third-order valence-electron chi connectivity index (χ3n) is 7.36. The summed E-state index contributed by atoms with van der Waals surface area (Å²) >= 11 is 0. The van der Waals surface area contributed by atoms with Crippen molar-refractivity contribution in [2.24, 2.45) is 0 Å². The maximum Gasteiger partial charge on any atom is 0.418 e. The van der Waals surface area contributed by atoms with Gasteiger partial charge in [0.2, 0.25) is 0 Å². The number of nitrogens with zero attached hydrogens (tertiary/aromatic N) is 2. The standard InChI is InChI=1S/C26H25F8N3O2/c1-14-8-23(38,15-2-4-16(5-3-15)25(29,30)31)9-17(36-14)12-39-19-6-20(26(32,33)34)22-21(7-19)35-13-37(22)18-10-24(27,28)11-18/h2-7,13-14,17-18,36,38H,8-12H2,1H3/t14-,17-,23-/m0/s1. The lowest BCUT2D eigenvalue weighted by molar-refractivity contribution is -0.138. The highest BCUT2D eigenvalue weighted by atomic mass is 19.4. The first-order valence-corrected chi connectivity index (χ1v) is 12.3. The molecule has 2 aliphatic rings. The normalized spacial score (nSPS) is 26.0. The molecule has 1 aliphatic carbocycles. The van der Waals surface area contributed by atoms with Crippen LogP contribution < -0.4 is 10.1 Å². The molecule has 2 N–H and O–H groups in total. The Morgan fingerprint density at radius 1 is 1.00 bits per heavy atom. The number of halogens is 8. The molecule has 13 heteroatoms. The first kappa shape index (κ1) is 27.6. The second-order valence-corrected chi connectivity index (χ2v) is 10.5. The predicted octanol–water partition coefficient (Wildman–Crippen LogP) is 6.45. The zero-order chi connectivity index (χ0) is 28.4. The molecule has 5 nitrogen and oxygen atoms in total. The van der Waals surface area contributed by atoms with E-state index >= 15 is 0 Å². The molecule has 212 valence electrons. The van der Waals surface area contributed by atoms with Crippen molar-refractivity contribution in [2.45, 2.75) is 74.6 Å². The second-order valence-electron chi connectivity index (χ2n) is 10.5. The maximum atomic E-state index is 14.0. The Kier molecular flexibility index (Phi) is 6.61. The van der Waals surface area contributed by atoms with Gasteiger partial charge in [-0.25, -0.2) is 13.8 Å². The molecule has 0 spiro atoms. The molecular weight excluding hydrogens is 538 g/mol. The molecule has 3 atom stereocenters. The maximum absolute atomic E-state index is 14.0. The summed E-state index contributed by atoms with van der Waals surface area (Å²) in [6, 6.07) is 4.70. The van der Waals surface area contributed by atoms with Gasteiger partial charge in [-0.1, -0.05) is 12.1 Å². The number of alkyl halides is 8. The largest absolute Gasteiger partial charge is 0.492 e. The molecule has 1 saturated carbocycles. The smallest absolute Gasteiger partial charge is 0.418 e. The molecule has 1 aliphatic heterocycles. The SMILES string of the molecule is C[C@H]1C[C@@](O)(c2ccc(C(F)(F)F)cc2)C[C@@H](COc2cc(C(F)(F)F)c3c(c2)ncn3C2CC(F)(F)C2)N1. The number of piperidine rings is 1. The molecule has 2 aromatic carbocycles. The monoisotopic (exact) mass is 563 g/mol. The van der Waals surface area contributed by atoms with E-state index in [0.29, 0.717) is 5.56 Å². The number of imidazole rings is 1. The summed E-state index contributed by atoms with van der Waals surface area (Å²) in [5.41, 5.74) is -3.44. The highest BCUT2D eigenvalue weighted by Gasteiger charge is 2.47. The minimum Gasteiger partial charge on any atom is -0.492 e. The van der Waals surface area contributed by atoms with Gasteiger partial charge in [0.05, 0.1) is 34.1 Å². The molecule has 1 saturated heterocycles. The Hall–Kier alpha value is -2.93. The van der Waals surface area contributed by atoms with E-state index in [0.717, 1.165) is 29.1 Å². The minimum absolute atomic E-state index is 0.0432. The lowest BCUT2D eigenvalue weighted by atomic mass is 9.79. The molecule has 0 amide bonds. The van der Waals surface area contributed by atoms with Crippen LogP contribution in [0.3, 0.4) is 0 Å². The van der Waals surface area contributed by atoms with E-state index in [4.69, 9.17) is 4.74 Å². The van der Waals surface area contributed by atoms with Gasteiger partial charge in [0.25, 0.3) is 5.92 Å². The number of aliphatic hydroxyl groups is 1. The van der Waals surface area contributed by atoms with Crippen molar-refractivity contribution in [3.05, 3.63) is 59.4 Å². The van der Waals surface area contributed by atoms with Crippen LogP contribution in [0, 0.1) is 0 Å². The zero-order valence-electron chi connectivity index (χ0n) is 20.6. The number of benzene rings is 2. The average molecular weight is 563 g/mol. The van der Waals surface area contributed by atoms with Crippen LogP contribution in [0.15, 0.2) is 42.7 Å². The van der Waals surface area contributed by atoms with Gasteiger partial charge in [0, 0.05) is 37.0 Å². The third-order valence-corrected chi connectivity index (χ3v) is 7.36. The van der Waals surface area contributed by atoms with Crippen LogP contribution in [0.1, 0.15) is 55.3 Å². The van der Waals surface area contributed by atoms with Gasteiger partial charge in [-0.3, -0.25) is 0 Å². The van der Waals surface area contributed by atoms with Crippen molar-refractivity contribution in [1.29, 1.82) is 0 Å². The van der Waals surface area contributed by atoms with Gasteiger partial charge in [0.15, 0.2) is 0 Å². The summed E-state index contributed by atoms with van der Waals surface area (Å²) in [7, 11) is 0. The van der Waals surface area contributed by atoms with E-state index in [1.54, 1.807) is 6.92 Å². The van der Waals surface area contributed by atoms with Crippen LogP contribution >= 0.6 is 0 Å².